The van der Waals surface area contributed by atoms with E-state index >= 15 is 0 Å². The van der Waals surface area contributed by atoms with Crippen LogP contribution in [0.1, 0.15) is 24.7 Å². The molecule has 3 heteroatoms. The Balaban J connectivity index is 2.24. The van der Waals surface area contributed by atoms with Gasteiger partial charge in [0.05, 0.1) is 0 Å². The molecule has 0 unspecified atom stereocenters. The van der Waals surface area contributed by atoms with Gasteiger partial charge in [0, 0.05) is 18.3 Å². The van der Waals surface area contributed by atoms with E-state index in [9.17, 15) is 0 Å². The Morgan fingerprint density at radius 1 is 1.11 bits per heavy atom. The highest BCUT2D eigenvalue weighted by atomic mass is 15.1. The third-order valence-corrected chi connectivity index (χ3v) is 3.25. The first-order chi connectivity index (χ1) is 9.29. The highest BCUT2D eigenvalue weighted by Gasteiger charge is 2.12. The predicted octanol–water partition coefficient (Wildman–Crippen LogP) is 3.68. The number of hydrogen-bond donors (Lipinski definition) is 0. The minimum atomic E-state index is 0.940. The van der Waals surface area contributed by atoms with Crippen molar-refractivity contribution in [2.75, 3.05) is 0 Å². The van der Waals surface area contributed by atoms with Gasteiger partial charge >= 0.3 is 0 Å². The van der Waals surface area contributed by atoms with Crippen LogP contribution < -0.4 is 0 Å². The van der Waals surface area contributed by atoms with Gasteiger partial charge in [0.15, 0.2) is 5.65 Å². The van der Waals surface area contributed by atoms with Gasteiger partial charge in [0.2, 0.25) is 0 Å². The summed E-state index contributed by atoms with van der Waals surface area (Å²) >= 11 is 0. The molecule has 3 nitrogen and oxygen atoms in total. The molecule has 0 aliphatic carbocycles. The van der Waals surface area contributed by atoms with Crippen molar-refractivity contribution in [2.24, 2.45) is 0 Å². The highest BCUT2D eigenvalue weighted by molar-refractivity contribution is 5.73. The first kappa shape index (κ1) is 11.9. The summed E-state index contributed by atoms with van der Waals surface area (Å²) in [6.45, 7) is 4.27. The fourth-order valence-corrected chi connectivity index (χ4v) is 2.32. The largest absolute Gasteiger partial charge is 0.281 e. The Bertz CT molecular complexity index is 696. The van der Waals surface area contributed by atoms with Crippen molar-refractivity contribution in [3.63, 3.8) is 0 Å². The van der Waals surface area contributed by atoms with Gasteiger partial charge in [0.25, 0.3) is 0 Å². The standard InChI is InChI=1S/C16H17N3/c1-3-5-15-18-14-6-4-11-17-16(14)19(15)13-9-7-12(2)8-10-13/h4,6-11H,3,5H2,1-2H3. The van der Waals surface area contributed by atoms with Crippen LogP contribution in [0.5, 0.6) is 0 Å². The Morgan fingerprint density at radius 3 is 2.63 bits per heavy atom. The minimum absolute atomic E-state index is 0.940. The number of imidazole rings is 1. The fraction of sp³-hybridized carbons (Fsp3) is 0.250. The van der Waals surface area contributed by atoms with Crippen molar-refractivity contribution in [3.8, 4) is 5.69 Å². The van der Waals surface area contributed by atoms with E-state index in [4.69, 9.17) is 4.98 Å². The SMILES string of the molecule is CCCc1nc2cccnc2n1-c1ccc(C)cc1. The molecule has 0 bridgehead atoms. The maximum atomic E-state index is 4.70. The summed E-state index contributed by atoms with van der Waals surface area (Å²) in [6.07, 6.45) is 3.86. The second-order valence-corrected chi connectivity index (χ2v) is 4.80. The van der Waals surface area contributed by atoms with E-state index in [-0.39, 0.29) is 0 Å². The van der Waals surface area contributed by atoms with Crippen molar-refractivity contribution in [1.82, 2.24) is 14.5 Å². The lowest BCUT2D eigenvalue weighted by atomic mass is 10.2. The van der Waals surface area contributed by atoms with Gasteiger partial charge in [-0.3, -0.25) is 4.57 Å². The monoisotopic (exact) mass is 251 g/mol. The van der Waals surface area contributed by atoms with E-state index in [1.54, 1.807) is 0 Å². The maximum absolute atomic E-state index is 4.70. The lowest BCUT2D eigenvalue weighted by molar-refractivity contribution is 0.815. The molecule has 1 aromatic carbocycles. The number of rotatable bonds is 3. The molecule has 19 heavy (non-hydrogen) atoms. The number of aromatic nitrogens is 3. The molecule has 0 saturated carbocycles. The van der Waals surface area contributed by atoms with Crippen LogP contribution in [-0.4, -0.2) is 14.5 Å². The minimum Gasteiger partial charge on any atom is -0.281 e. The lowest BCUT2D eigenvalue weighted by Crippen LogP contribution is -2.01. The Kier molecular flexibility index (Phi) is 3.03. The topological polar surface area (TPSA) is 30.7 Å². The summed E-state index contributed by atoms with van der Waals surface area (Å²) in [5.74, 6) is 1.08. The number of aryl methyl sites for hydroxylation is 2. The van der Waals surface area contributed by atoms with Crippen LogP contribution in [0.25, 0.3) is 16.9 Å². The number of nitrogens with zero attached hydrogens (tertiary/aromatic N) is 3. The zero-order valence-corrected chi connectivity index (χ0v) is 11.3. The average Bonchev–Trinajstić information content (AvgIpc) is 2.78. The normalized spacial score (nSPS) is 11.1. The molecule has 0 aliphatic rings. The molecule has 2 heterocycles. The summed E-state index contributed by atoms with van der Waals surface area (Å²) in [5, 5.41) is 0. The van der Waals surface area contributed by atoms with Crippen molar-refractivity contribution in [1.29, 1.82) is 0 Å². The fourth-order valence-electron chi connectivity index (χ4n) is 2.32. The third kappa shape index (κ3) is 2.12. The Hall–Kier alpha value is -2.16. The molecule has 0 radical (unpaired) electrons. The summed E-state index contributed by atoms with van der Waals surface area (Å²) in [6, 6.07) is 12.5. The van der Waals surface area contributed by atoms with Gasteiger partial charge in [-0.2, -0.15) is 0 Å². The predicted molar refractivity (Wildman–Crippen MR) is 77.6 cm³/mol. The van der Waals surface area contributed by atoms with Gasteiger partial charge in [-0.1, -0.05) is 24.6 Å². The number of fused-ring (bicyclic) bond motifs is 1. The zero-order chi connectivity index (χ0) is 13.2. The molecule has 0 spiro atoms. The summed E-state index contributed by atoms with van der Waals surface area (Å²) in [5.41, 5.74) is 4.30. The van der Waals surface area contributed by atoms with E-state index < -0.39 is 0 Å². The molecule has 0 aliphatic heterocycles. The van der Waals surface area contributed by atoms with Crippen molar-refractivity contribution >= 4 is 11.2 Å². The molecule has 3 rings (SSSR count). The lowest BCUT2D eigenvalue weighted by Gasteiger charge is -2.08. The number of benzene rings is 1. The molecule has 96 valence electrons. The van der Waals surface area contributed by atoms with Crippen molar-refractivity contribution in [3.05, 3.63) is 54.0 Å². The van der Waals surface area contributed by atoms with Crippen LogP contribution in [0, 0.1) is 6.92 Å². The number of pyridine rings is 1. The third-order valence-electron chi connectivity index (χ3n) is 3.25. The molecule has 0 amide bonds. The number of hydrogen-bond acceptors (Lipinski definition) is 2. The van der Waals surface area contributed by atoms with Gasteiger partial charge < -0.3 is 0 Å². The van der Waals surface area contributed by atoms with Crippen LogP contribution in [-0.2, 0) is 6.42 Å². The second-order valence-electron chi connectivity index (χ2n) is 4.80. The van der Waals surface area contributed by atoms with E-state index in [1.165, 1.54) is 5.56 Å². The van der Waals surface area contributed by atoms with Gasteiger partial charge in [-0.15, -0.1) is 0 Å². The summed E-state index contributed by atoms with van der Waals surface area (Å²) in [4.78, 5) is 9.19. The Labute approximate surface area is 112 Å². The van der Waals surface area contributed by atoms with Gasteiger partial charge in [0.1, 0.15) is 11.3 Å². The maximum Gasteiger partial charge on any atom is 0.164 e. The van der Waals surface area contributed by atoms with E-state index in [2.05, 4.69) is 47.7 Å². The average molecular weight is 251 g/mol. The van der Waals surface area contributed by atoms with Crippen LogP contribution in [0.3, 0.4) is 0 Å². The highest BCUT2D eigenvalue weighted by Crippen LogP contribution is 2.21. The van der Waals surface area contributed by atoms with Crippen LogP contribution in [0.2, 0.25) is 0 Å². The summed E-state index contributed by atoms with van der Waals surface area (Å²) in [7, 11) is 0. The van der Waals surface area contributed by atoms with Crippen LogP contribution in [0.15, 0.2) is 42.6 Å². The van der Waals surface area contributed by atoms with E-state index in [1.807, 2.05) is 18.3 Å². The van der Waals surface area contributed by atoms with E-state index in [0.29, 0.717) is 0 Å². The molecule has 0 fully saturated rings. The molecular weight excluding hydrogens is 234 g/mol. The van der Waals surface area contributed by atoms with Crippen molar-refractivity contribution in [2.45, 2.75) is 26.7 Å². The van der Waals surface area contributed by atoms with Gasteiger partial charge in [-0.05, 0) is 37.6 Å². The zero-order valence-electron chi connectivity index (χ0n) is 11.3. The quantitative estimate of drug-likeness (QED) is 0.711. The molecule has 0 N–H and O–H groups in total. The molecule has 0 saturated heterocycles. The first-order valence-electron chi connectivity index (χ1n) is 6.69. The smallest absolute Gasteiger partial charge is 0.164 e. The summed E-state index contributed by atoms with van der Waals surface area (Å²) < 4.78 is 2.16. The van der Waals surface area contributed by atoms with Crippen LogP contribution in [0.4, 0.5) is 0 Å². The van der Waals surface area contributed by atoms with Crippen LogP contribution >= 0.6 is 0 Å². The Morgan fingerprint density at radius 2 is 1.89 bits per heavy atom. The molecule has 0 atom stereocenters. The molecule has 2 aromatic heterocycles. The van der Waals surface area contributed by atoms with E-state index in [0.717, 1.165) is 35.5 Å². The first-order valence-corrected chi connectivity index (χ1v) is 6.69. The second kappa shape index (κ2) is 4.84. The van der Waals surface area contributed by atoms with Crippen molar-refractivity contribution < 1.29 is 0 Å². The molecular formula is C16H17N3. The molecule has 3 aromatic rings. The van der Waals surface area contributed by atoms with Gasteiger partial charge in [-0.25, -0.2) is 9.97 Å².